The van der Waals surface area contributed by atoms with Crippen molar-refractivity contribution in [3.63, 3.8) is 0 Å². The van der Waals surface area contributed by atoms with Crippen LogP contribution >= 0.6 is 0 Å². The first-order valence-corrected chi connectivity index (χ1v) is 6.31. The number of nitrogens with one attached hydrogen (secondary N) is 1. The van der Waals surface area contributed by atoms with E-state index < -0.39 is 0 Å². The Kier molecular flexibility index (Phi) is 2.78. The topological polar surface area (TPSA) is 63.9 Å². The number of nitrogens with two attached hydrogens (primary N) is 1. The first kappa shape index (κ1) is 12.2. The molecule has 0 bridgehead atoms. The highest BCUT2D eigenvalue weighted by molar-refractivity contribution is 5.76. The molecule has 1 atom stereocenters. The molecule has 1 aromatic heterocycles. The molecule has 2 heterocycles. The molecular formula is C14H16FN3O. The Labute approximate surface area is 110 Å². The first-order valence-electron chi connectivity index (χ1n) is 6.31. The van der Waals surface area contributed by atoms with Gasteiger partial charge in [-0.15, -0.1) is 0 Å². The fourth-order valence-electron chi connectivity index (χ4n) is 2.66. The van der Waals surface area contributed by atoms with Gasteiger partial charge in [0.25, 0.3) is 0 Å². The van der Waals surface area contributed by atoms with E-state index in [0.29, 0.717) is 13.0 Å². The molecule has 0 fully saturated rings. The quantitative estimate of drug-likeness (QED) is 0.870. The molecule has 1 aliphatic rings. The van der Waals surface area contributed by atoms with Gasteiger partial charge in [0.15, 0.2) is 0 Å². The zero-order valence-electron chi connectivity index (χ0n) is 11.0. The minimum absolute atomic E-state index is 0.0666. The van der Waals surface area contributed by atoms with E-state index in [9.17, 15) is 4.39 Å². The molecule has 4 nitrogen and oxygen atoms in total. The number of aromatic nitrogens is 2. The molecule has 0 amide bonds. The lowest BCUT2D eigenvalue weighted by Crippen LogP contribution is -2.24. The maximum absolute atomic E-state index is 13.8. The molecule has 0 saturated heterocycles. The third kappa shape index (κ3) is 1.90. The van der Waals surface area contributed by atoms with Crippen LogP contribution in [0.2, 0.25) is 0 Å². The number of H-pyrrole nitrogens is 1. The number of ether oxygens (including phenoxy) is 1. The van der Waals surface area contributed by atoms with Gasteiger partial charge >= 0.3 is 0 Å². The summed E-state index contributed by atoms with van der Waals surface area (Å²) in [4.78, 5) is 0. The average molecular weight is 261 g/mol. The van der Waals surface area contributed by atoms with E-state index in [2.05, 4.69) is 10.2 Å². The summed E-state index contributed by atoms with van der Waals surface area (Å²) in [6.45, 7) is 4.24. The highest BCUT2D eigenvalue weighted by atomic mass is 19.1. The number of halogens is 1. The van der Waals surface area contributed by atoms with Gasteiger partial charge in [0, 0.05) is 35.3 Å². The van der Waals surface area contributed by atoms with Crippen molar-refractivity contribution in [1.82, 2.24) is 10.2 Å². The van der Waals surface area contributed by atoms with Gasteiger partial charge in [0.05, 0.1) is 5.69 Å². The van der Waals surface area contributed by atoms with Crippen LogP contribution in [0.15, 0.2) is 12.1 Å². The van der Waals surface area contributed by atoms with Crippen LogP contribution in [-0.4, -0.2) is 22.8 Å². The van der Waals surface area contributed by atoms with Crippen LogP contribution < -0.4 is 10.5 Å². The molecule has 0 saturated carbocycles. The van der Waals surface area contributed by atoms with Gasteiger partial charge in [-0.05, 0) is 26.0 Å². The summed E-state index contributed by atoms with van der Waals surface area (Å²) < 4.78 is 19.6. The third-order valence-corrected chi connectivity index (χ3v) is 3.52. The summed E-state index contributed by atoms with van der Waals surface area (Å²) >= 11 is 0. The molecule has 0 spiro atoms. The van der Waals surface area contributed by atoms with Crippen molar-refractivity contribution in [2.24, 2.45) is 5.73 Å². The molecule has 19 heavy (non-hydrogen) atoms. The van der Waals surface area contributed by atoms with Gasteiger partial charge < -0.3 is 10.5 Å². The van der Waals surface area contributed by atoms with Crippen molar-refractivity contribution in [2.45, 2.75) is 26.4 Å². The van der Waals surface area contributed by atoms with Crippen molar-refractivity contribution in [2.75, 3.05) is 6.54 Å². The van der Waals surface area contributed by atoms with Crippen molar-refractivity contribution in [1.29, 1.82) is 0 Å². The van der Waals surface area contributed by atoms with Gasteiger partial charge in [0.2, 0.25) is 0 Å². The minimum atomic E-state index is -0.255. The van der Waals surface area contributed by atoms with Crippen LogP contribution in [0.1, 0.15) is 17.0 Å². The Morgan fingerprint density at radius 2 is 2.26 bits per heavy atom. The monoisotopic (exact) mass is 261 g/mol. The number of aryl methyl sites for hydroxylation is 2. The summed E-state index contributed by atoms with van der Waals surface area (Å²) in [5, 5.41) is 7.08. The second-order valence-electron chi connectivity index (χ2n) is 4.93. The zero-order chi connectivity index (χ0) is 13.6. The van der Waals surface area contributed by atoms with E-state index in [1.807, 2.05) is 13.8 Å². The lowest BCUT2D eigenvalue weighted by atomic mass is 9.99. The number of hydrogen-bond acceptors (Lipinski definition) is 3. The Morgan fingerprint density at radius 1 is 1.47 bits per heavy atom. The lowest BCUT2D eigenvalue weighted by Gasteiger charge is -2.11. The van der Waals surface area contributed by atoms with Crippen LogP contribution in [0.5, 0.6) is 5.75 Å². The summed E-state index contributed by atoms with van der Waals surface area (Å²) in [5.41, 5.74) is 9.94. The van der Waals surface area contributed by atoms with E-state index in [4.69, 9.17) is 10.5 Å². The minimum Gasteiger partial charge on any atom is -0.488 e. The molecule has 1 aliphatic heterocycles. The van der Waals surface area contributed by atoms with Gasteiger partial charge in [-0.25, -0.2) is 4.39 Å². The fourth-order valence-corrected chi connectivity index (χ4v) is 2.66. The molecule has 3 rings (SSSR count). The van der Waals surface area contributed by atoms with E-state index >= 15 is 0 Å². The molecule has 3 N–H and O–H groups in total. The number of hydrogen-bond donors (Lipinski definition) is 2. The SMILES string of the molecule is Cc1n[nH]c(C)c1-c1cc(F)cc2c1O[C@H](CN)C2. The number of fused-ring (bicyclic) bond motifs is 1. The maximum Gasteiger partial charge on any atom is 0.131 e. The molecule has 0 radical (unpaired) electrons. The molecule has 5 heteroatoms. The van der Waals surface area contributed by atoms with Crippen molar-refractivity contribution < 1.29 is 9.13 Å². The number of nitrogens with zero attached hydrogens (tertiary/aromatic N) is 1. The second kappa shape index (κ2) is 4.35. The van der Waals surface area contributed by atoms with Crippen LogP contribution in [0.3, 0.4) is 0 Å². The second-order valence-corrected chi connectivity index (χ2v) is 4.93. The van der Waals surface area contributed by atoms with Crippen LogP contribution in [-0.2, 0) is 6.42 Å². The highest BCUT2D eigenvalue weighted by Gasteiger charge is 2.27. The lowest BCUT2D eigenvalue weighted by molar-refractivity contribution is 0.242. The van der Waals surface area contributed by atoms with Crippen molar-refractivity contribution >= 4 is 0 Å². The summed E-state index contributed by atoms with van der Waals surface area (Å²) in [5.74, 6) is 0.486. The van der Waals surface area contributed by atoms with Gasteiger partial charge in [-0.1, -0.05) is 0 Å². The summed E-state index contributed by atoms with van der Waals surface area (Å²) in [6, 6.07) is 3.03. The van der Waals surface area contributed by atoms with Gasteiger partial charge in [-0.2, -0.15) is 5.10 Å². The first-order chi connectivity index (χ1) is 9.10. The largest absolute Gasteiger partial charge is 0.488 e. The predicted molar refractivity (Wildman–Crippen MR) is 70.6 cm³/mol. The maximum atomic E-state index is 13.8. The van der Waals surface area contributed by atoms with E-state index in [-0.39, 0.29) is 11.9 Å². The Hall–Kier alpha value is -1.88. The fraction of sp³-hybridized carbons (Fsp3) is 0.357. The van der Waals surface area contributed by atoms with Crippen LogP contribution in [0.25, 0.3) is 11.1 Å². The van der Waals surface area contributed by atoms with Crippen molar-refractivity contribution in [3.8, 4) is 16.9 Å². The molecule has 0 aliphatic carbocycles. The molecule has 100 valence electrons. The van der Waals surface area contributed by atoms with Gasteiger partial charge in [-0.3, -0.25) is 5.10 Å². The van der Waals surface area contributed by atoms with Crippen LogP contribution in [0.4, 0.5) is 4.39 Å². The Balaban J connectivity index is 2.19. The predicted octanol–water partition coefficient (Wildman–Crippen LogP) is 2.09. The number of aromatic amines is 1. The molecule has 2 aromatic rings. The highest BCUT2D eigenvalue weighted by Crippen LogP contribution is 2.41. The standard InChI is InChI=1S/C14H16FN3O/c1-7-13(8(2)18-17-7)12-5-10(15)3-9-4-11(6-16)19-14(9)12/h3,5,11H,4,6,16H2,1-2H3,(H,17,18)/t11-/m0/s1. The number of benzene rings is 1. The third-order valence-electron chi connectivity index (χ3n) is 3.52. The van der Waals surface area contributed by atoms with E-state index in [0.717, 1.165) is 33.8 Å². The summed E-state index contributed by atoms with van der Waals surface area (Å²) in [7, 11) is 0. The van der Waals surface area contributed by atoms with Crippen LogP contribution in [0, 0.1) is 19.7 Å². The zero-order valence-corrected chi connectivity index (χ0v) is 11.0. The van der Waals surface area contributed by atoms with E-state index in [1.54, 1.807) is 0 Å². The molecular weight excluding hydrogens is 245 g/mol. The average Bonchev–Trinajstić information content (AvgIpc) is 2.92. The van der Waals surface area contributed by atoms with Crippen molar-refractivity contribution in [3.05, 3.63) is 34.9 Å². The Bertz CT molecular complexity index is 616. The normalized spacial score (nSPS) is 17.4. The molecule has 1 aromatic carbocycles. The smallest absolute Gasteiger partial charge is 0.131 e. The Morgan fingerprint density at radius 3 is 2.89 bits per heavy atom. The molecule has 0 unspecified atom stereocenters. The number of rotatable bonds is 2. The van der Waals surface area contributed by atoms with Gasteiger partial charge in [0.1, 0.15) is 17.7 Å². The summed E-state index contributed by atoms with van der Waals surface area (Å²) in [6.07, 6.45) is 0.593. The van der Waals surface area contributed by atoms with E-state index in [1.165, 1.54) is 12.1 Å².